The Kier molecular flexibility index (Phi) is 11.8. The molecule has 2 unspecified atom stereocenters. The number of carbonyl (C=O) groups is 3. The van der Waals surface area contributed by atoms with Gasteiger partial charge in [0.15, 0.2) is 6.10 Å². The van der Waals surface area contributed by atoms with Crippen LogP contribution in [0.5, 0.6) is 0 Å². The summed E-state index contributed by atoms with van der Waals surface area (Å²) in [5, 5.41) is 15.9. The Hall–Kier alpha value is -4.10. The van der Waals surface area contributed by atoms with E-state index in [-0.39, 0.29) is 23.4 Å². The molecule has 1 heterocycles. The fourth-order valence-electron chi connectivity index (χ4n) is 4.57. The van der Waals surface area contributed by atoms with Gasteiger partial charge in [0.25, 0.3) is 5.91 Å². The van der Waals surface area contributed by atoms with Gasteiger partial charge in [-0.1, -0.05) is 42.5 Å². The second-order valence-corrected chi connectivity index (χ2v) is 12.2. The molecule has 1 fully saturated rings. The van der Waals surface area contributed by atoms with E-state index in [1.165, 1.54) is 47.9 Å². The topological polar surface area (TPSA) is 125 Å². The zero-order valence-corrected chi connectivity index (χ0v) is 25.1. The van der Waals surface area contributed by atoms with E-state index in [1.54, 1.807) is 44.2 Å². The lowest BCUT2D eigenvalue weighted by atomic mass is 9.97. The summed E-state index contributed by atoms with van der Waals surface area (Å²) in [5.41, 5.74) is 6.02. The predicted octanol–water partition coefficient (Wildman–Crippen LogP) is 4.17. The van der Waals surface area contributed by atoms with E-state index in [2.05, 4.69) is 10.6 Å². The Morgan fingerprint density at radius 2 is 1.50 bits per heavy atom. The first-order valence-corrected chi connectivity index (χ1v) is 14.5. The summed E-state index contributed by atoms with van der Waals surface area (Å²) < 4.78 is 51.8. The minimum absolute atomic E-state index is 0.0810. The van der Waals surface area contributed by atoms with Crippen LogP contribution in [-0.2, 0) is 22.6 Å². The number of hydrogen-bond acceptors (Lipinski definition) is 5. The molecule has 3 atom stereocenters. The second kappa shape index (κ2) is 15.1. The minimum atomic E-state index is -1.71. The summed E-state index contributed by atoms with van der Waals surface area (Å²) in [4.78, 5) is 39.1. The highest BCUT2D eigenvalue weighted by Crippen LogP contribution is 2.39. The molecule has 3 aromatic carbocycles. The average Bonchev–Trinajstić information content (AvgIpc) is 3.30. The van der Waals surface area contributed by atoms with Crippen molar-refractivity contribution in [2.45, 2.75) is 56.7 Å². The molecule has 3 aromatic rings. The molecule has 236 valence electrons. The summed E-state index contributed by atoms with van der Waals surface area (Å²) in [5.74, 6) is -3.91. The fraction of sp³-hybridized carbons (Fsp3) is 0.323. The van der Waals surface area contributed by atoms with Crippen molar-refractivity contribution in [1.82, 2.24) is 15.5 Å². The molecule has 1 saturated heterocycles. The van der Waals surface area contributed by atoms with Gasteiger partial charge in [0.1, 0.15) is 29.3 Å². The van der Waals surface area contributed by atoms with Crippen molar-refractivity contribution in [3.8, 4) is 0 Å². The van der Waals surface area contributed by atoms with Crippen molar-refractivity contribution in [2.24, 2.45) is 5.73 Å². The monoisotopic (exact) mass is 634 g/mol. The van der Waals surface area contributed by atoms with Gasteiger partial charge in [-0.3, -0.25) is 9.59 Å². The summed E-state index contributed by atoms with van der Waals surface area (Å²) in [6, 6.07) is 13.2. The maximum Gasteiger partial charge on any atom is 0.315 e. The number of aliphatic hydroxyl groups excluding tert-OH is 1. The van der Waals surface area contributed by atoms with E-state index >= 15 is 0 Å². The van der Waals surface area contributed by atoms with E-state index in [1.807, 2.05) is 0 Å². The van der Waals surface area contributed by atoms with Crippen LogP contribution in [0.25, 0.3) is 0 Å². The first kappa shape index (κ1) is 34.4. The van der Waals surface area contributed by atoms with Crippen LogP contribution in [-0.4, -0.2) is 56.7 Å². The number of rotatable bonds is 8. The maximum atomic E-state index is 13.9. The molecule has 0 bridgehead atoms. The molecule has 0 saturated carbocycles. The van der Waals surface area contributed by atoms with Gasteiger partial charge in [0.2, 0.25) is 5.91 Å². The van der Waals surface area contributed by atoms with Gasteiger partial charge in [-0.2, -0.15) is 0 Å². The van der Waals surface area contributed by atoms with E-state index in [4.69, 9.17) is 5.73 Å². The third-order valence-corrected chi connectivity index (χ3v) is 8.41. The number of carbonyl (C=O) groups excluding carboxylic acids is 3. The third-order valence-electron chi connectivity index (χ3n) is 7.04. The molecular formula is C31H34F4N4O4S. The summed E-state index contributed by atoms with van der Waals surface area (Å²) in [7, 11) is 0. The minimum Gasteiger partial charge on any atom is -0.381 e. The van der Waals surface area contributed by atoms with Crippen LogP contribution < -0.4 is 16.4 Å². The Balaban J connectivity index is 0.000000502. The number of urea groups is 1. The Labute approximate surface area is 257 Å². The van der Waals surface area contributed by atoms with Gasteiger partial charge >= 0.3 is 6.03 Å². The average molecular weight is 635 g/mol. The van der Waals surface area contributed by atoms with E-state index < -0.39 is 70.6 Å². The number of aliphatic hydroxyl groups is 1. The van der Waals surface area contributed by atoms with Gasteiger partial charge in [-0.05, 0) is 57.0 Å². The van der Waals surface area contributed by atoms with Crippen LogP contribution >= 0.6 is 11.8 Å². The lowest BCUT2D eigenvalue weighted by molar-refractivity contribution is -0.146. The molecular weight excluding hydrogens is 600 g/mol. The summed E-state index contributed by atoms with van der Waals surface area (Å²) in [6.45, 7) is 4.53. The van der Waals surface area contributed by atoms with Gasteiger partial charge in [-0.15, -0.1) is 11.8 Å². The normalized spacial score (nSPS) is 16.7. The molecule has 5 N–H and O–H groups in total. The van der Waals surface area contributed by atoms with Crippen LogP contribution in [0.3, 0.4) is 0 Å². The number of primary amides is 1. The van der Waals surface area contributed by atoms with Gasteiger partial charge in [0.05, 0.1) is 18.5 Å². The van der Waals surface area contributed by atoms with Crippen LogP contribution in [0, 0.1) is 30.2 Å². The van der Waals surface area contributed by atoms with Crippen LogP contribution in [0.4, 0.5) is 22.4 Å². The van der Waals surface area contributed by atoms with Crippen molar-refractivity contribution in [2.75, 3.05) is 5.88 Å². The number of nitrogens with two attached hydrogens (primary N) is 1. The molecule has 8 nitrogen and oxygen atoms in total. The predicted molar refractivity (Wildman–Crippen MR) is 159 cm³/mol. The number of halogens is 4. The molecule has 44 heavy (non-hydrogen) atoms. The SMILES string of the molecule is CC1(C)SCN(C(=O)C(O)C(Cc2ccccc2)NC(=O)NCc2c(F)cccc2F)[C@@H]1C(N)=O.Cc1c(F)cccc1F. The molecule has 0 aliphatic carbocycles. The van der Waals surface area contributed by atoms with Crippen molar-refractivity contribution in [3.05, 3.63) is 107 Å². The highest BCUT2D eigenvalue weighted by molar-refractivity contribution is 8.00. The molecule has 0 radical (unpaired) electrons. The quantitative estimate of drug-likeness (QED) is 0.277. The zero-order valence-electron chi connectivity index (χ0n) is 24.3. The van der Waals surface area contributed by atoms with E-state index in [9.17, 15) is 37.1 Å². The summed E-state index contributed by atoms with van der Waals surface area (Å²) in [6.07, 6.45) is -1.62. The van der Waals surface area contributed by atoms with E-state index in [0.717, 1.165) is 17.7 Å². The number of benzene rings is 3. The van der Waals surface area contributed by atoms with Gasteiger partial charge in [0, 0.05) is 15.9 Å². The standard InChI is InChI=1S/C24H28F2N4O4S.C7H6F2/c1-24(2)20(21(27)32)30(13-35-24)22(33)19(31)18(11-14-7-4-3-5-8-14)29-23(34)28-12-15-16(25)9-6-10-17(15)26;1-5-6(8)3-2-4-7(5)9/h3-10,18-20,31H,11-13H2,1-2H3,(H2,27,32)(H2,28,29,34);2-4H,1H3/t18?,19?,20-;/m1./s1. The number of nitrogens with zero attached hydrogens (tertiary/aromatic N) is 1. The highest BCUT2D eigenvalue weighted by atomic mass is 32.2. The smallest absolute Gasteiger partial charge is 0.315 e. The first-order valence-electron chi connectivity index (χ1n) is 13.6. The van der Waals surface area contributed by atoms with Crippen molar-refractivity contribution < 1.29 is 37.1 Å². The fourth-order valence-corrected chi connectivity index (χ4v) is 5.72. The van der Waals surface area contributed by atoms with Crippen molar-refractivity contribution in [1.29, 1.82) is 0 Å². The van der Waals surface area contributed by atoms with Crippen LogP contribution in [0.15, 0.2) is 66.7 Å². The second-order valence-electron chi connectivity index (χ2n) is 10.6. The molecule has 13 heteroatoms. The lowest BCUT2D eigenvalue weighted by Crippen LogP contribution is -2.58. The van der Waals surface area contributed by atoms with Gasteiger partial charge in [-0.25, -0.2) is 22.4 Å². The van der Waals surface area contributed by atoms with E-state index in [0.29, 0.717) is 0 Å². The van der Waals surface area contributed by atoms with Crippen LogP contribution in [0.2, 0.25) is 0 Å². The highest BCUT2D eigenvalue weighted by Gasteiger charge is 2.49. The Morgan fingerprint density at radius 1 is 0.955 bits per heavy atom. The van der Waals surface area contributed by atoms with Crippen molar-refractivity contribution >= 4 is 29.6 Å². The Bertz CT molecular complexity index is 1440. The molecule has 4 amide bonds. The zero-order chi connectivity index (χ0) is 32.6. The lowest BCUT2D eigenvalue weighted by Gasteiger charge is -2.32. The molecule has 4 rings (SSSR count). The van der Waals surface area contributed by atoms with Gasteiger partial charge < -0.3 is 26.4 Å². The largest absolute Gasteiger partial charge is 0.381 e. The maximum absolute atomic E-state index is 13.9. The number of nitrogens with one attached hydrogen (secondary N) is 2. The number of amides is 4. The molecule has 0 spiro atoms. The third kappa shape index (κ3) is 8.73. The Morgan fingerprint density at radius 3 is 2.02 bits per heavy atom. The number of hydrogen-bond donors (Lipinski definition) is 4. The molecule has 1 aliphatic rings. The summed E-state index contributed by atoms with van der Waals surface area (Å²) >= 11 is 1.35. The molecule has 1 aliphatic heterocycles. The van der Waals surface area contributed by atoms with Crippen LogP contribution in [0.1, 0.15) is 30.5 Å². The number of thioether (sulfide) groups is 1. The molecule has 0 aromatic heterocycles. The van der Waals surface area contributed by atoms with Crippen molar-refractivity contribution in [3.63, 3.8) is 0 Å². The first-order chi connectivity index (χ1) is 20.7.